The standard InChI is InChI=1S/C19H16N2S3/c1-2-5-16-14(4-1)20-18(24-16)12-21-9-7-15-13(8-11-23-15)19(21)17-6-3-10-22-17/h1-6,8,10-11,19H,7,9,12H2. The van der Waals surface area contributed by atoms with Crippen molar-refractivity contribution in [2.24, 2.45) is 0 Å². The van der Waals surface area contributed by atoms with E-state index in [-0.39, 0.29) is 0 Å². The minimum atomic E-state index is 0.381. The number of benzene rings is 1. The Balaban J connectivity index is 1.52. The summed E-state index contributed by atoms with van der Waals surface area (Å²) in [6.45, 7) is 2.03. The van der Waals surface area contributed by atoms with Crippen LogP contribution in [-0.2, 0) is 13.0 Å². The van der Waals surface area contributed by atoms with E-state index in [2.05, 4.69) is 58.1 Å². The lowest BCUT2D eigenvalue weighted by atomic mass is 9.98. The van der Waals surface area contributed by atoms with E-state index in [0.717, 1.165) is 25.0 Å². The highest BCUT2D eigenvalue weighted by Gasteiger charge is 2.30. The van der Waals surface area contributed by atoms with Crippen molar-refractivity contribution in [3.05, 3.63) is 73.6 Å². The van der Waals surface area contributed by atoms with Gasteiger partial charge in [-0.05, 0) is 47.0 Å². The second-order valence-electron chi connectivity index (χ2n) is 6.01. The Hall–Kier alpha value is -1.53. The van der Waals surface area contributed by atoms with E-state index in [1.165, 1.54) is 20.1 Å². The summed E-state index contributed by atoms with van der Waals surface area (Å²) >= 11 is 5.59. The Bertz CT molecular complexity index is 935. The minimum Gasteiger partial charge on any atom is -0.285 e. The number of fused-ring (bicyclic) bond motifs is 2. The maximum Gasteiger partial charge on any atom is 0.108 e. The van der Waals surface area contributed by atoms with Crippen LogP contribution in [0, 0.1) is 0 Å². The number of hydrogen-bond donors (Lipinski definition) is 0. The Kier molecular flexibility index (Phi) is 3.74. The molecule has 1 aromatic carbocycles. The van der Waals surface area contributed by atoms with Crippen molar-refractivity contribution in [1.82, 2.24) is 9.88 Å². The van der Waals surface area contributed by atoms with Crippen molar-refractivity contribution in [2.45, 2.75) is 19.0 Å². The van der Waals surface area contributed by atoms with Gasteiger partial charge in [0.1, 0.15) is 5.01 Å². The van der Waals surface area contributed by atoms with Crippen LogP contribution in [0.1, 0.15) is 26.4 Å². The van der Waals surface area contributed by atoms with Crippen LogP contribution in [0.25, 0.3) is 10.2 Å². The first-order chi connectivity index (χ1) is 11.9. The molecule has 0 saturated heterocycles. The van der Waals surface area contributed by atoms with Gasteiger partial charge in [0.15, 0.2) is 0 Å². The average molecular weight is 369 g/mol. The van der Waals surface area contributed by atoms with Crippen LogP contribution in [0.5, 0.6) is 0 Å². The van der Waals surface area contributed by atoms with Crippen LogP contribution < -0.4 is 0 Å². The lowest BCUT2D eigenvalue weighted by Crippen LogP contribution is -2.34. The van der Waals surface area contributed by atoms with Gasteiger partial charge in [0.05, 0.1) is 22.8 Å². The lowest BCUT2D eigenvalue weighted by molar-refractivity contribution is 0.209. The van der Waals surface area contributed by atoms with Gasteiger partial charge in [0.2, 0.25) is 0 Å². The maximum atomic E-state index is 4.85. The molecule has 1 aliphatic heterocycles. The van der Waals surface area contributed by atoms with Crippen LogP contribution >= 0.6 is 34.0 Å². The highest BCUT2D eigenvalue weighted by molar-refractivity contribution is 7.18. The maximum absolute atomic E-state index is 4.85. The van der Waals surface area contributed by atoms with Gasteiger partial charge in [-0.25, -0.2) is 4.98 Å². The van der Waals surface area contributed by atoms with E-state index >= 15 is 0 Å². The molecule has 24 heavy (non-hydrogen) atoms. The van der Waals surface area contributed by atoms with Crippen molar-refractivity contribution < 1.29 is 0 Å². The third-order valence-corrected chi connectivity index (χ3v) is 7.50. The zero-order chi connectivity index (χ0) is 15.9. The predicted molar refractivity (Wildman–Crippen MR) is 104 cm³/mol. The van der Waals surface area contributed by atoms with Crippen molar-refractivity contribution in [3.8, 4) is 0 Å². The predicted octanol–water partition coefficient (Wildman–Crippen LogP) is 5.57. The summed E-state index contributed by atoms with van der Waals surface area (Å²) in [5, 5.41) is 5.65. The first-order valence-electron chi connectivity index (χ1n) is 8.06. The van der Waals surface area contributed by atoms with Crippen molar-refractivity contribution >= 4 is 44.2 Å². The summed E-state index contributed by atoms with van der Waals surface area (Å²) in [5.74, 6) is 0. The molecule has 0 amide bonds. The number of thiophene rings is 2. The van der Waals surface area contributed by atoms with E-state index in [9.17, 15) is 0 Å². The highest BCUT2D eigenvalue weighted by atomic mass is 32.1. The SMILES string of the molecule is c1csc(C2c3ccsc3CCN2Cc2nc3ccccc3s2)c1. The summed E-state index contributed by atoms with van der Waals surface area (Å²) in [6.07, 6.45) is 1.15. The largest absolute Gasteiger partial charge is 0.285 e. The van der Waals surface area contributed by atoms with E-state index in [4.69, 9.17) is 4.98 Å². The van der Waals surface area contributed by atoms with Crippen molar-refractivity contribution in [3.63, 3.8) is 0 Å². The highest BCUT2D eigenvalue weighted by Crippen LogP contribution is 2.40. The van der Waals surface area contributed by atoms with Crippen LogP contribution in [-0.4, -0.2) is 16.4 Å². The molecule has 5 rings (SSSR count). The smallest absolute Gasteiger partial charge is 0.108 e. The molecule has 1 unspecified atom stereocenters. The van der Waals surface area contributed by atoms with E-state index < -0.39 is 0 Å². The van der Waals surface area contributed by atoms with Gasteiger partial charge in [-0.2, -0.15) is 0 Å². The fourth-order valence-electron chi connectivity index (χ4n) is 3.48. The monoisotopic (exact) mass is 368 g/mol. The summed E-state index contributed by atoms with van der Waals surface area (Å²) in [7, 11) is 0. The van der Waals surface area contributed by atoms with Gasteiger partial charge in [0.25, 0.3) is 0 Å². The van der Waals surface area contributed by atoms with E-state index in [0.29, 0.717) is 6.04 Å². The molecule has 1 atom stereocenters. The molecule has 0 N–H and O–H groups in total. The summed E-state index contributed by atoms with van der Waals surface area (Å²) in [6, 6.07) is 15.6. The molecule has 0 fully saturated rings. The molecule has 5 heteroatoms. The van der Waals surface area contributed by atoms with Crippen LogP contribution in [0.3, 0.4) is 0 Å². The molecule has 4 aromatic rings. The van der Waals surface area contributed by atoms with Gasteiger partial charge in [0, 0.05) is 16.3 Å². The van der Waals surface area contributed by atoms with Gasteiger partial charge in [-0.3, -0.25) is 4.90 Å². The van der Waals surface area contributed by atoms with Crippen LogP contribution in [0.15, 0.2) is 53.2 Å². The Morgan fingerprint density at radius 2 is 2.00 bits per heavy atom. The second-order valence-corrected chi connectivity index (χ2v) is 9.11. The molecular formula is C19H16N2S3. The zero-order valence-corrected chi connectivity index (χ0v) is 15.5. The topological polar surface area (TPSA) is 16.1 Å². The lowest BCUT2D eigenvalue weighted by Gasteiger charge is -2.34. The third kappa shape index (κ3) is 2.52. The Labute approximate surface area is 153 Å². The molecule has 4 heterocycles. The van der Waals surface area contributed by atoms with Crippen molar-refractivity contribution in [2.75, 3.05) is 6.54 Å². The Morgan fingerprint density at radius 1 is 1.04 bits per heavy atom. The third-order valence-electron chi connectivity index (χ3n) is 4.55. The van der Waals surface area contributed by atoms with Gasteiger partial charge < -0.3 is 0 Å². The number of aromatic nitrogens is 1. The first-order valence-corrected chi connectivity index (χ1v) is 10.6. The molecule has 2 nitrogen and oxygen atoms in total. The normalized spacial score (nSPS) is 18.1. The number of rotatable bonds is 3. The number of hydrogen-bond acceptors (Lipinski definition) is 5. The first kappa shape index (κ1) is 14.8. The summed E-state index contributed by atoms with van der Waals surface area (Å²) in [4.78, 5) is 10.4. The van der Waals surface area contributed by atoms with E-state index in [1.807, 2.05) is 34.0 Å². The molecule has 3 aromatic heterocycles. The van der Waals surface area contributed by atoms with Gasteiger partial charge in [-0.15, -0.1) is 34.0 Å². The average Bonchev–Trinajstić information content (AvgIpc) is 3.34. The Morgan fingerprint density at radius 3 is 2.88 bits per heavy atom. The fourth-order valence-corrected chi connectivity index (χ4v) is 6.25. The fraction of sp³-hybridized carbons (Fsp3) is 0.211. The molecular weight excluding hydrogens is 352 g/mol. The minimum absolute atomic E-state index is 0.381. The number of para-hydroxylation sites is 1. The molecule has 0 bridgehead atoms. The molecule has 0 radical (unpaired) electrons. The summed E-state index contributed by atoms with van der Waals surface area (Å²) < 4.78 is 1.29. The molecule has 0 spiro atoms. The van der Waals surface area contributed by atoms with Gasteiger partial charge >= 0.3 is 0 Å². The zero-order valence-electron chi connectivity index (χ0n) is 13.0. The second kappa shape index (κ2) is 6.08. The molecule has 0 aliphatic carbocycles. The quantitative estimate of drug-likeness (QED) is 0.470. The van der Waals surface area contributed by atoms with E-state index in [1.54, 1.807) is 4.88 Å². The molecule has 0 saturated carbocycles. The van der Waals surface area contributed by atoms with Crippen molar-refractivity contribution in [1.29, 1.82) is 0 Å². The summed E-state index contributed by atoms with van der Waals surface area (Å²) in [5.41, 5.74) is 2.62. The van der Waals surface area contributed by atoms with Crippen LogP contribution in [0.2, 0.25) is 0 Å². The number of thiazole rings is 1. The molecule has 1 aliphatic rings. The van der Waals surface area contributed by atoms with Crippen LogP contribution in [0.4, 0.5) is 0 Å². The van der Waals surface area contributed by atoms with Gasteiger partial charge in [-0.1, -0.05) is 18.2 Å². The molecule has 120 valence electrons. The number of nitrogens with zero attached hydrogens (tertiary/aromatic N) is 2.